The van der Waals surface area contributed by atoms with E-state index in [-0.39, 0.29) is 0 Å². The van der Waals surface area contributed by atoms with Crippen molar-refractivity contribution in [3.8, 4) is 5.75 Å². The Hall–Kier alpha value is -1.59. The Balaban J connectivity index is 2.58. The minimum atomic E-state index is -1.26. The highest BCUT2D eigenvalue weighted by atomic mass is 16.5. The molecule has 0 heterocycles. The van der Waals surface area contributed by atoms with Gasteiger partial charge in [0.1, 0.15) is 12.4 Å². The van der Waals surface area contributed by atoms with Gasteiger partial charge in [0.25, 0.3) is 0 Å². The number of benzene rings is 1. The number of hydrogen-bond acceptors (Lipinski definition) is 5. The molecule has 1 rings (SSSR count). The first-order valence-electron chi connectivity index (χ1n) is 5.16. The SMILES string of the molecule is COCCOc1ccc(C(O)C(=O)OC)cc1. The van der Waals surface area contributed by atoms with E-state index in [0.29, 0.717) is 24.5 Å². The molecule has 17 heavy (non-hydrogen) atoms. The topological polar surface area (TPSA) is 65.0 Å². The molecule has 1 N–H and O–H groups in total. The first-order valence-corrected chi connectivity index (χ1v) is 5.16. The number of rotatable bonds is 6. The molecule has 5 heteroatoms. The van der Waals surface area contributed by atoms with Gasteiger partial charge >= 0.3 is 5.97 Å². The van der Waals surface area contributed by atoms with E-state index in [0.717, 1.165) is 0 Å². The van der Waals surface area contributed by atoms with Crippen LogP contribution >= 0.6 is 0 Å². The zero-order valence-corrected chi connectivity index (χ0v) is 9.88. The van der Waals surface area contributed by atoms with Gasteiger partial charge in [-0.1, -0.05) is 12.1 Å². The Morgan fingerprint density at radius 1 is 1.24 bits per heavy atom. The van der Waals surface area contributed by atoms with Gasteiger partial charge in [-0.25, -0.2) is 4.79 Å². The molecule has 0 radical (unpaired) electrons. The summed E-state index contributed by atoms with van der Waals surface area (Å²) in [6.45, 7) is 0.960. The molecule has 0 aromatic heterocycles. The van der Waals surface area contributed by atoms with Crippen LogP contribution in [-0.2, 0) is 14.3 Å². The van der Waals surface area contributed by atoms with Crippen molar-refractivity contribution in [2.45, 2.75) is 6.10 Å². The highest BCUT2D eigenvalue weighted by Crippen LogP contribution is 2.18. The zero-order valence-electron chi connectivity index (χ0n) is 9.88. The van der Waals surface area contributed by atoms with Gasteiger partial charge in [0.2, 0.25) is 0 Å². The van der Waals surface area contributed by atoms with Crippen molar-refractivity contribution in [2.75, 3.05) is 27.4 Å². The fourth-order valence-corrected chi connectivity index (χ4v) is 1.24. The largest absolute Gasteiger partial charge is 0.491 e. The quantitative estimate of drug-likeness (QED) is 0.591. The van der Waals surface area contributed by atoms with Crippen LogP contribution in [0.4, 0.5) is 0 Å². The lowest BCUT2D eigenvalue weighted by molar-refractivity contribution is -0.150. The molecule has 0 aliphatic heterocycles. The van der Waals surface area contributed by atoms with Crippen LogP contribution in [0.3, 0.4) is 0 Å². The number of hydrogen-bond donors (Lipinski definition) is 1. The van der Waals surface area contributed by atoms with Crippen molar-refractivity contribution in [2.24, 2.45) is 0 Å². The molecule has 1 aromatic rings. The number of ether oxygens (including phenoxy) is 3. The van der Waals surface area contributed by atoms with E-state index in [1.807, 2.05) is 0 Å². The van der Waals surface area contributed by atoms with Crippen molar-refractivity contribution < 1.29 is 24.1 Å². The van der Waals surface area contributed by atoms with Crippen LogP contribution in [0, 0.1) is 0 Å². The zero-order chi connectivity index (χ0) is 12.7. The molecular formula is C12H16O5. The summed E-state index contributed by atoms with van der Waals surface area (Å²) >= 11 is 0. The van der Waals surface area contributed by atoms with Gasteiger partial charge in [-0.05, 0) is 17.7 Å². The molecule has 0 saturated carbocycles. The summed E-state index contributed by atoms with van der Waals surface area (Å²) in [6, 6.07) is 6.59. The van der Waals surface area contributed by atoms with Gasteiger partial charge in [-0.3, -0.25) is 0 Å². The molecule has 0 fully saturated rings. The predicted molar refractivity (Wildman–Crippen MR) is 60.8 cm³/mol. The summed E-state index contributed by atoms with van der Waals surface area (Å²) in [5, 5.41) is 9.56. The monoisotopic (exact) mass is 240 g/mol. The number of aliphatic hydroxyl groups excluding tert-OH is 1. The summed E-state index contributed by atoms with van der Waals surface area (Å²) in [6.07, 6.45) is -1.26. The average Bonchev–Trinajstić information content (AvgIpc) is 2.38. The van der Waals surface area contributed by atoms with Gasteiger partial charge in [0, 0.05) is 7.11 Å². The fourth-order valence-electron chi connectivity index (χ4n) is 1.24. The molecule has 0 spiro atoms. The van der Waals surface area contributed by atoms with Crippen LogP contribution in [0.25, 0.3) is 0 Å². The van der Waals surface area contributed by atoms with Crippen LogP contribution in [0.2, 0.25) is 0 Å². The van der Waals surface area contributed by atoms with Crippen molar-refractivity contribution in [1.29, 1.82) is 0 Å². The molecule has 0 saturated heterocycles. The standard InChI is InChI=1S/C12H16O5/c1-15-7-8-17-10-5-3-9(4-6-10)11(13)12(14)16-2/h3-6,11,13H,7-8H2,1-2H3. The molecule has 0 bridgehead atoms. The summed E-state index contributed by atoms with van der Waals surface area (Å²) in [5.74, 6) is -0.0269. The Morgan fingerprint density at radius 2 is 1.88 bits per heavy atom. The van der Waals surface area contributed by atoms with E-state index in [1.54, 1.807) is 31.4 Å². The Bertz CT molecular complexity index is 346. The number of esters is 1. The molecule has 0 amide bonds. The molecule has 0 aliphatic rings. The van der Waals surface area contributed by atoms with Gasteiger partial charge in [-0.2, -0.15) is 0 Å². The first kappa shape index (κ1) is 13.5. The van der Waals surface area contributed by atoms with Crippen molar-refractivity contribution >= 4 is 5.97 Å². The lowest BCUT2D eigenvalue weighted by Gasteiger charge is -2.10. The van der Waals surface area contributed by atoms with Gasteiger partial charge in [0.15, 0.2) is 6.10 Å². The molecule has 1 unspecified atom stereocenters. The van der Waals surface area contributed by atoms with Gasteiger partial charge < -0.3 is 19.3 Å². The van der Waals surface area contributed by atoms with Crippen LogP contribution in [0.15, 0.2) is 24.3 Å². The third-order valence-corrected chi connectivity index (χ3v) is 2.18. The third kappa shape index (κ3) is 4.05. The Kier molecular flexibility index (Phi) is 5.45. The summed E-state index contributed by atoms with van der Waals surface area (Å²) in [7, 11) is 2.83. The second kappa shape index (κ2) is 6.88. The summed E-state index contributed by atoms with van der Waals surface area (Å²) in [5.41, 5.74) is 0.468. The second-order valence-corrected chi connectivity index (χ2v) is 3.34. The molecule has 1 aromatic carbocycles. The number of carbonyl (C=O) groups excluding carboxylic acids is 1. The van der Waals surface area contributed by atoms with Crippen LogP contribution in [0.5, 0.6) is 5.75 Å². The van der Waals surface area contributed by atoms with Crippen molar-refractivity contribution in [3.05, 3.63) is 29.8 Å². The smallest absolute Gasteiger partial charge is 0.339 e. The maximum atomic E-state index is 11.1. The van der Waals surface area contributed by atoms with Gasteiger partial charge in [0.05, 0.1) is 13.7 Å². The lowest BCUT2D eigenvalue weighted by atomic mass is 10.1. The van der Waals surface area contributed by atoms with Crippen molar-refractivity contribution in [1.82, 2.24) is 0 Å². The lowest BCUT2D eigenvalue weighted by Crippen LogP contribution is -2.13. The molecule has 94 valence electrons. The minimum absolute atomic E-state index is 0.454. The maximum Gasteiger partial charge on any atom is 0.339 e. The Morgan fingerprint density at radius 3 is 2.41 bits per heavy atom. The second-order valence-electron chi connectivity index (χ2n) is 3.34. The van der Waals surface area contributed by atoms with Gasteiger partial charge in [-0.15, -0.1) is 0 Å². The third-order valence-electron chi connectivity index (χ3n) is 2.18. The first-order chi connectivity index (χ1) is 8.19. The minimum Gasteiger partial charge on any atom is -0.491 e. The van der Waals surface area contributed by atoms with Crippen LogP contribution in [0.1, 0.15) is 11.7 Å². The van der Waals surface area contributed by atoms with Crippen molar-refractivity contribution in [3.63, 3.8) is 0 Å². The molecule has 0 aliphatic carbocycles. The highest BCUT2D eigenvalue weighted by Gasteiger charge is 2.17. The van der Waals surface area contributed by atoms with E-state index in [4.69, 9.17) is 9.47 Å². The van der Waals surface area contributed by atoms with E-state index >= 15 is 0 Å². The molecule has 5 nitrogen and oxygen atoms in total. The number of methoxy groups -OCH3 is 2. The normalized spacial score (nSPS) is 11.9. The number of aliphatic hydroxyl groups is 1. The maximum absolute atomic E-state index is 11.1. The van der Waals surface area contributed by atoms with Crippen LogP contribution < -0.4 is 4.74 Å². The number of carbonyl (C=O) groups is 1. The van der Waals surface area contributed by atoms with E-state index in [9.17, 15) is 9.90 Å². The highest BCUT2D eigenvalue weighted by molar-refractivity contribution is 5.76. The fraction of sp³-hybridized carbons (Fsp3) is 0.417. The average molecular weight is 240 g/mol. The van der Waals surface area contributed by atoms with E-state index < -0.39 is 12.1 Å². The Labute approximate surface area is 99.9 Å². The summed E-state index contributed by atoms with van der Waals surface area (Å²) in [4.78, 5) is 11.1. The molecule has 1 atom stereocenters. The molecular weight excluding hydrogens is 224 g/mol. The summed E-state index contributed by atoms with van der Waals surface area (Å²) < 4.78 is 14.6. The van der Waals surface area contributed by atoms with E-state index in [2.05, 4.69) is 4.74 Å². The predicted octanol–water partition coefficient (Wildman–Crippen LogP) is 0.918. The van der Waals surface area contributed by atoms with E-state index in [1.165, 1.54) is 7.11 Å². The van der Waals surface area contributed by atoms with Crippen LogP contribution in [-0.4, -0.2) is 38.5 Å².